The molecule has 3 rings (SSSR count). The molecule has 4 atom stereocenters. The SMILES string of the molecule is O=C1CCO[C@H]2[C@@H]3CCC[C@@H]3[C@@H]12. The van der Waals surface area contributed by atoms with E-state index in [4.69, 9.17) is 4.74 Å². The van der Waals surface area contributed by atoms with Crippen LogP contribution in [0.3, 0.4) is 0 Å². The van der Waals surface area contributed by atoms with Crippen molar-refractivity contribution in [1.29, 1.82) is 0 Å². The van der Waals surface area contributed by atoms with E-state index in [2.05, 4.69) is 0 Å². The Hall–Kier alpha value is -0.370. The molecule has 0 N–H and O–H groups in total. The Morgan fingerprint density at radius 3 is 3.00 bits per heavy atom. The molecule has 0 aromatic rings. The smallest absolute Gasteiger partial charge is 0.141 e. The number of hydrogen-bond donors (Lipinski definition) is 0. The van der Waals surface area contributed by atoms with E-state index in [0.717, 1.165) is 5.92 Å². The first-order chi connectivity index (χ1) is 5.88. The van der Waals surface area contributed by atoms with E-state index >= 15 is 0 Å². The van der Waals surface area contributed by atoms with Gasteiger partial charge in [0.1, 0.15) is 5.78 Å². The second kappa shape index (κ2) is 2.32. The van der Waals surface area contributed by atoms with Crippen molar-refractivity contribution in [3.8, 4) is 0 Å². The summed E-state index contributed by atoms with van der Waals surface area (Å²) in [5, 5.41) is 0. The Kier molecular flexibility index (Phi) is 1.37. The number of carbonyl (C=O) groups is 1. The van der Waals surface area contributed by atoms with Gasteiger partial charge in [-0.05, 0) is 24.7 Å². The Morgan fingerprint density at radius 2 is 2.08 bits per heavy atom. The molecule has 0 aromatic heterocycles. The van der Waals surface area contributed by atoms with Crippen LogP contribution in [0.5, 0.6) is 0 Å². The van der Waals surface area contributed by atoms with Crippen LogP contribution in [0.15, 0.2) is 0 Å². The first-order valence-electron chi connectivity index (χ1n) is 5.02. The second-order valence-electron chi connectivity index (χ2n) is 4.34. The molecule has 2 nitrogen and oxygen atoms in total. The molecule has 3 fully saturated rings. The van der Waals surface area contributed by atoms with Crippen LogP contribution in [-0.2, 0) is 9.53 Å². The van der Waals surface area contributed by atoms with Gasteiger partial charge in [-0.2, -0.15) is 0 Å². The average molecular weight is 166 g/mol. The summed E-state index contributed by atoms with van der Waals surface area (Å²) in [5.41, 5.74) is 0. The first-order valence-corrected chi connectivity index (χ1v) is 5.02. The molecule has 0 radical (unpaired) electrons. The van der Waals surface area contributed by atoms with Gasteiger partial charge < -0.3 is 4.74 Å². The fourth-order valence-electron chi connectivity index (χ4n) is 3.35. The minimum atomic E-state index is 0.311. The highest BCUT2D eigenvalue weighted by molar-refractivity contribution is 5.84. The molecule has 0 aromatic carbocycles. The van der Waals surface area contributed by atoms with Crippen molar-refractivity contribution in [2.24, 2.45) is 17.8 Å². The van der Waals surface area contributed by atoms with Crippen molar-refractivity contribution in [3.63, 3.8) is 0 Å². The molecule has 12 heavy (non-hydrogen) atoms. The molecule has 1 aliphatic heterocycles. The third-order valence-electron chi connectivity index (χ3n) is 3.89. The third kappa shape index (κ3) is 0.717. The minimum absolute atomic E-state index is 0.311. The lowest BCUT2D eigenvalue weighted by Gasteiger charge is -2.50. The van der Waals surface area contributed by atoms with Crippen molar-refractivity contribution in [3.05, 3.63) is 0 Å². The summed E-state index contributed by atoms with van der Waals surface area (Å²) < 4.78 is 5.64. The Morgan fingerprint density at radius 1 is 1.25 bits per heavy atom. The Labute approximate surface area is 72.3 Å². The third-order valence-corrected chi connectivity index (χ3v) is 3.89. The predicted molar refractivity (Wildman–Crippen MR) is 43.7 cm³/mol. The average Bonchev–Trinajstić information content (AvgIpc) is 2.43. The molecular weight excluding hydrogens is 152 g/mol. The minimum Gasteiger partial charge on any atom is -0.377 e. The number of Topliss-reactive ketones (excluding diaryl/α,β-unsaturated/α-hetero) is 1. The summed E-state index contributed by atoms with van der Waals surface area (Å²) in [5.74, 6) is 2.25. The maximum atomic E-state index is 11.5. The topological polar surface area (TPSA) is 26.3 Å². The number of fused-ring (bicyclic) bond motifs is 4. The van der Waals surface area contributed by atoms with Gasteiger partial charge in [0.15, 0.2) is 0 Å². The molecule has 0 amide bonds. The van der Waals surface area contributed by atoms with E-state index in [1.165, 1.54) is 19.3 Å². The van der Waals surface area contributed by atoms with Crippen LogP contribution < -0.4 is 0 Å². The summed E-state index contributed by atoms with van der Waals surface area (Å²) in [6, 6.07) is 0. The highest BCUT2D eigenvalue weighted by Gasteiger charge is 2.57. The number of rotatable bonds is 0. The van der Waals surface area contributed by atoms with Gasteiger partial charge in [-0.15, -0.1) is 0 Å². The molecule has 66 valence electrons. The summed E-state index contributed by atoms with van der Waals surface area (Å²) in [4.78, 5) is 11.5. The highest BCUT2D eigenvalue weighted by atomic mass is 16.5. The summed E-state index contributed by atoms with van der Waals surface area (Å²) in [6.07, 6.45) is 4.90. The Bertz CT molecular complexity index is 224. The number of hydrogen-bond acceptors (Lipinski definition) is 2. The molecule has 0 spiro atoms. The largest absolute Gasteiger partial charge is 0.377 e. The summed E-state index contributed by atoms with van der Waals surface area (Å²) in [7, 11) is 0. The van der Waals surface area contributed by atoms with Crippen molar-refractivity contribution < 1.29 is 9.53 Å². The maximum absolute atomic E-state index is 11.5. The van der Waals surface area contributed by atoms with E-state index in [0.29, 0.717) is 36.8 Å². The van der Waals surface area contributed by atoms with E-state index in [9.17, 15) is 4.79 Å². The quantitative estimate of drug-likeness (QED) is 0.543. The van der Waals surface area contributed by atoms with Crippen LogP contribution in [0.2, 0.25) is 0 Å². The molecular formula is C10H14O2. The van der Waals surface area contributed by atoms with Crippen molar-refractivity contribution in [2.75, 3.05) is 6.61 Å². The summed E-state index contributed by atoms with van der Waals surface area (Å²) in [6.45, 7) is 0.684. The number of ketones is 1. The first kappa shape index (κ1) is 7.07. The lowest BCUT2D eigenvalue weighted by molar-refractivity contribution is -0.174. The predicted octanol–water partition coefficient (Wildman–Crippen LogP) is 1.39. The number of ether oxygens (including phenoxy) is 1. The molecule has 0 bridgehead atoms. The van der Waals surface area contributed by atoms with Crippen LogP contribution in [-0.4, -0.2) is 18.5 Å². The van der Waals surface area contributed by atoms with Crippen molar-refractivity contribution in [1.82, 2.24) is 0 Å². The van der Waals surface area contributed by atoms with E-state index < -0.39 is 0 Å². The van der Waals surface area contributed by atoms with Crippen LogP contribution in [0.25, 0.3) is 0 Å². The van der Waals surface area contributed by atoms with Crippen LogP contribution in [0, 0.1) is 17.8 Å². The molecule has 1 heterocycles. The van der Waals surface area contributed by atoms with Gasteiger partial charge in [-0.3, -0.25) is 4.79 Å². The van der Waals surface area contributed by atoms with Gasteiger partial charge in [0, 0.05) is 12.3 Å². The molecule has 2 aliphatic carbocycles. The highest BCUT2D eigenvalue weighted by Crippen LogP contribution is 2.54. The zero-order valence-electron chi connectivity index (χ0n) is 7.16. The molecule has 2 heteroatoms. The van der Waals surface area contributed by atoms with Gasteiger partial charge in [0.05, 0.1) is 12.7 Å². The van der Waals surface area contributed by atoms with Crippen molar-refractivity contribution in [2.45, 2.75) is 31.8 Å². The van der Waals surface area contributed by atoms with Crippen LogP contribution >= 0.6 is 0 Å². The van der Waals surface area contributed by atoms with Gasteiger partial charge in [0.25, 0.3) is 0 Å². The molecule has 3 aliphatic rings. The van der Waals surface area contributed by atoms with Gasteiger partial charge in [0.2, 0.25) is 0 Å². The Balaban J connectivity index is 1.84. The van der Waals surface area contributed by atoms with Crippen molar-refractivity contribution >= 4 is 5.78 Å². The van der Waals surface area contributed by atoms with Crippen LogP contribution in [0.4, 0.5) is 0 Å². The monoisotopic (exact) mass is 166 g/mol. The zero-order valence-corrected chi connectivity index (χ0v) is 7.16. The maximum Gasteiger partial charge on any atom is 0.141 e. The van der Waals surface area contributed by atoms with E-state index in [1.54, 1.807) is 0 Å². The van der Waals surface area contributed by atoms with E-state index in [-0.39, 0.29) is 0 Å². The fourth-order valence-corrected chi connectivity index (χ4v) is 3.35. The fraction of sp³-hybridized carbons (Fsp3) is 0.900. The lowest BCUT2D eigenvalue weighted by atomic mass is 9.61. The van der Waals surface area contributed by atoms with Crippen LogP contribution in [0.1, 0.15) is 25.7 Å². The number of carbonyl (C=O) groups excluding carboxylic acids is 1. The molecule has 2 saturated carbocycles. The van der Waals surface area contributed by atoms with Gasteiger partial charge in [-0.1, -0.05) is 6.42 Å². The second-order valence-corrected chi connectivity index (χ2v) is 4.34. The zero-order chi connectivity index (χ0) is 8.13. The lowest BCUT2D eigenvalue weighted by Crippen LogP contribution is -2.56. The molecule has 0 unspecified atom stereocenters. The van der Waals surface area contributed by atoms with E-state index in [1.807, 2.05) is 0 Å². The normalized spacial score (nSPS) is 51.2. The van der Waals surface area contributed by atoms with Gasteiger partial charge in [-0.25, -0.2) is 0 Å². The standard InChI is InChI=1S/C10H14O2/c11-8-4-5-12-10-7-3-1-2-6(7)9(8)10/h6-7,9-10H,1-5H2/t6-,7+,9-,10-/m0/s1. The summed E-state index contributed by atoms with van der Waals surface area (Å²) >= 11 is 0. The molecule has 1 saturated heterocycles. The van der Waals surface area contributed by atoms with Gasteiger partial charge >= 0.3 is 0 Å².